The van der Waals surface area contributed by atoms with E-state index in [1.165, 1.54) is 4.90 Å². The van der Waals surface area contributed by atoms with Crippen LogP contribution in [0.1, 0.15) is 27.7 Å². The maximum absolute atomic E-state index is 13.6. The van der Waals surface area contributed by atoms with Crippen molar-refractivity contribution in [2.75, 3.05) is 20.8 Å². The first kappa shape index (κ1) is 23.2. The van der Waals surface area contributed by atoms with Crippen molar-refractivity contribution in [3.05, 3.63) is 107 Å². The van der Waals surface area contributed by atoms with Gasteiger partial charge in [0.1, 0.15) is 17.1 Å². The van der Waals surface area contributed by atoms with Crippen LogP contribution in [0.3, 0.4) is 0 Å². The number of ether oxygens (including phenoxy) is 2. The first-order valence-electron chi connectivity index (χ1n) is 11.5. The van der Waals surface area contributed by atoms with Crippen molar-refractivity contribution in [3.8, 4) is 11.5 Å². The van der Waals surface area contributed by atoms with Crippen LogP contribution in [0.2, 0.25) is 0 Å². The van der Waals surface area contributed by atoms with Crippen LogP contribution >= 0.6 is 0 Å². The number of furan rings is 1. The zero-order valence-corrected chi connectivity index (χ0v) is 19.9. The summed E-state index contributed by atoms with van der Waals surface area (Å²) in [5.41, 5.74) is 2.23. The van der Waals surface area contributed by atoms with Crippen LogP contribution in [0.15, 0.2) is 94.6 Å². The van der Waals surface area contributed by atoms with Gasteiger partial charge in [0.25, 0.3) is 5.91 Å². The second-order valence-corrected chi connectivity index (χ2v) is 8.51. The molecule has 0 radical (unpaired) electrons. The van der Waals surface area contributed by atoms with Gasteiger partial charge in [-0.3, -0.25) is 9.59 Å². The molecule has 1 aliphatic heterocycles. The topological polar surface area (TPSA) is 89.2 Å². The first-order valence-corrected chi connectivity index (χ1v) is 11.5. The summed E-state index contributed by atoms with van der Waals surface area (Å²) in [5.74, 6) is -0.220. The molecular weight excluding hydrogens is 458 g/mol. The van der Waals surface area contributed by atoms with Crippen molar-refractivity contribution in [1.82, 2.24) is 4.90 Å². The summed E-state index contributed by atoms with van der Waals surface area (Å²) < 4.78 is 16.3. The van der Waals surface area contributed by atoms with Crippen LogP contribution in [0.5, 0.6) is 11.5 Å². The summed E-state index contributed by atoms with van der Waals surface area (Å²) in [7, 11) is 3.17. The molecule has 0 bridgehead atoms. The van der Waals surface area contributed by atoms with E-state index in [9.17, 15) is 14.7 Å². The van der Waals surface area contributed by atoms with Gasteiger partial charge in [0.15, 0.2) is 11.5 Å². The van der Waals surface area contributed by atoms with Gasteiger partial charge in [-0.2, -0.15) is 0 Å². The number of hydrogen-bond donors (Lipinski definition) is 1. The number of benzene rings is 3. The Bertz CT molecular complexity index is 1420. The Balaban J connectivity index is 1.51. The van der Waals surface area contributed by atoms with Crippen LogP contribution in [0.25, 0.3) is 11.0 Å². The fraction of sp³-hybridized carbons (Fsp3) is 0.172. The Hall–Kier alpha value is -4.52. The number of carbonyl (C=O) groups excluding carboxylic acids is 2. The number of carbonyl (C=O) groups is 2. The van der Waals surface area contributed by atoms with Gasteiger partial charge in [-0.1, -0.05) is 42.5 Å². The van der Waals surface area contributed by atoms with Crippen molar-refractivity contribution in [3.63, 3.8) is 0 Å². The Labute approximate surface area is 208 Å². The molecule has 1 N–H and O–H groups in total. The van der Waals surface area contributed by atoms with E-state index in [-0.39, 0.29) is 11.3 Å². The van der Waals surface area contributed by atoms with E-state index >= 15 is 0 Å². The Morgan fingerprint density at radius 3 is 2.22 bits per heavy atom. The van der Waals surface area contributed by atoms with Crippen LogP contribution in [-0.2, 0) is 11.2 Å². The summed E-state index contributed by atoms with van der Waals surface area (Å²) in [6, 6.07) is 22.8. The van der Waals surface area contributed by atoms with Gasteiger partial charge in [-0.05, 0) is 53.9 Å². The Kier molecular flexibility index (Phi) is 6.21. The highest BCUT2D eigenvalue weighted by molar-refractivity contribution is 6.16. The summed E-state index contributed by atoms with van der Waals surface area (Å²) in [6.45, 7) is 0.294. The molecule has 0 fully saturated rings. The number of Topliss-reactive ketones (excluding diaryl/α,β-unsaturated/α-hetero) is 1. The molecule has 5 rings (SSSR count). The van der Waals surface area contributed by atoms with Gasteiger partial charge >= 0.3 is 0 Å². The van der Waals surface area contributed by atoms with Crippen LogP contribution in [0.4, 0.5) is 0 Å². The SMILES string of the molecule is COc1ccc(CCN2C(=O)C(O)=C(C(=O)c3cc4ccccc4o3)C2c2ccc(OC)cc2)cc1. The molecular formula is C29H25NO6. The fourth-order valence-electron chi connectivity index (χ4n) is 4.52. The Morgan fingerprint density at radius 1 is 0.944 bits per heavy atom. The molecule has 182 valence electrons. The maximum atomic E-state index is 13.6. The highest BCUT2D eigenvalue weighted by Gasteiger charge is 2.44. The highest BCUT2D eigenvalue weighted by Crippen LogP contribution is 2.40. The van der Waals surface area contributed by atoms with Gasteiger partial charge in [-0.15, -0.1) is 0 Å². The van der Waals surface area contributed by atoms with Gasteiger partial charge in [0, 0.05) is 11.9 Å². The molecule has 3 aromatic carbocycles. The van der Waals surface area contributed by atoms with E-state index < -0.39 is 23.5 Å². The van der Waals surface area contributed by atoms with Crippen molar-refractivity contribution >= 4 is 22.7 Å². The summed E-state index contributed by atoms with van der Waals surface area (Å²) in [5, 5.41) is 11.7. The predicted molar refractivity (Wildman–Crippen MR) is 134 cm³/mol. The van der Waals surface area contributed by atoms with E-state index in [0.717, 1.165) is 16.7 Å². The molecule has 0 saturated heterocycles. The smallest absolute Gasteiger partial charge is 0.290 e. The number of fused-ring (bicyclic) bond motifs is 1. The highest BCUT2D eigenvalue weighted by atomic mass is 16.5. The Morgan fingerprint density at radius 2 is 1.58 bits per heavy atom. The largest absolute Gasteiger partial charge is 0.503 e. The quantitative estimate of drug-likeness (QED) is 0.344. The molecule has 36 heavy (non-hydrogen) atoms. The average Bonchev–Trinajstić information content (AvgIpc) is 3.46. The number of rotatable bonds is 8. The molecule has 0 aliphatic carbocycles. The fourth-order valence-corrected chi connectivity index (χ4v) is 4.52. The van der Waals surface area contributed by atoms with Crippen LogP contribution in [-0.4, -0.2) is 42.5 Å². The molecule has 7 heteroatoms. The zero-order chi connectivity index (χ0) is 25.2. The van der Waals surface area contributed by atoms with Crippen LogP contribution in [0, 0.1) is 0 Å². The third-order valence-electron chi connectivity index (χ3n) is 6.43. The second kappa shape index (κ2) is 9.62. The zero-order valence-electron chi connectivity index (χ0n) is 19.9. The lowest BCUT2D eigenvalue weighted by Gasteiger charge is -2.27. The summed E-state index contributed by atoms with van der Waals surface area (Å²) in [4.78, 5) is 28.4. The number of methoxy groups -OCH3 is 2. The van der Waals surface area contributed by atoms with E-state index in [4.69, 9.17) is 13.9 Å². The van der Waals surface area contributed by atoms with Gasteiger partial charge in [0.2, 0.25) is 5.78 Å². The minimum absolute atomic E-state index is 0.000969. The standard InChI is InChI=1S/C29H25NO6/c1-34-21-11-7-18(8-12-21)15-16-30-26(19-9-13-22(35-2)14-10-19)25(28(32)29(30)33)27(31)24-17-20-5-3-4-6-23(20)36-24/h3-14,17,26,32H,15-16H2,1-2H3. The van der Waals surface area contributed by atoms with E-state index in [2.05, 4.69) is 0 Å². The average molecular weight is 484 g/mol. The number of nitrogens with zero attached hydrogens (tertiary/aromatic N) is 1. The monoisotopic (exact) mass is 483 g/mol. The lowest BCUT2D eigenvalue weighted by Crippen LogP contribution is -2.33. The third-order valence-corrected chi connectivity index (χ3v) is 6.43. The van der Waals surface area contributed by atoms with Gasteiger partial charge in [0.05, 0.1) is 25.8 Å². The van der Waals surface area contributed by atoms with E-state index in [0.29, 0.717) is 29.9 Å². The molecule has 4 aromatic rings. The number of ketones is 1. The normalized spacial score (nSPS) is 15.6. The lowest BCUT2D eigenvalue weighted by atomic mass is 9.94. The lowest BCUT2D eigenvalue weighted by molar-refractivity contribution is -0.129. The number of hydrogen-bond acceptors (Lipinski definition) is 6. The number of aliphatic hydroxyl groups is 1. The van der Waals surface area contributed by atoms with Crippen molar-refractivity contribution < 1.29 is 28.6 Å². The molecule has 2 heterocycles. The van der Waals surface area contributed by atoms with Crippen molar-refractivity contribution in [1.29, 1.82) is 0 Å². The summed E-state index contributed by atoms with van der Waals surface area (Å²) >= 11 is 0. The van der Waals surface area contributed by atoms with Crippen molar-refractivity contribution in [2.24, 2.45) is 0 Å². The molecule has 1 atom stereocenters. The van der Waals surface area contributed by atoms with Gasteiger partial charge in [-0.25, -0.2) is 0 Å². The second-order valence-electron chi connectivity index (χ2n) is 8.51. The number of aliphatic hydroxyl groups excluding tert-OH is 1. The molecule has 7 nitrogen and oxygen atoms in total. The molecule has 1 aliphatic rings. The van der Waals surface area contributed by atoms with Gasteiger partial charge < -0.3 is 23.9 Å². The maximum Gasteiger partial charge on any atom is 0.290 e. The number of amides is 1. The molecule has 1 aromatic heterocycles. The van der Waals surface area contributed by atoms with Crippen LogP contribution < -0.4 is 9.47 Å². The van der Waals surface area contributed by atoms with Crippen molar-refractivity contribution in [2.45, 2.75) is 12.5 Å². The summed E-state index contributed by atoms with van der Waals surface area (Å²) in [6.07, 6.45) is 0.530. The molecule has 0 saturated carbocycles. The molecule has 0 spiro atoms. The van der Waals surface area contributed by atoms with E-state index in [1.807, 2.05) is 42.5 Å². The van der Waals surface area contributed by atoms with E-state index in [1.54, 1.807) is 50.6 Å². The molecule has 1 unspecified atom stereocenters. The minimum atomic E-state index is -0.776. The predicted octanol–water partition coefficient (Wildman–Crippen LogP) is 5.27. The number of para-hydroxylation sites is 1. The first-order chi connectivity index (χ1) is 17.5. The third kappa shape index (κ3) is 4.20. The molecule has 1 amide bonds. The minimum Gasteiger partial charge on any atom is -0.503 e.